The van der Waals surface area contributed by atoms with Gasteiger partial charge < -0.3 is 19.7 Å². The van der Waals surface area contributed by atoms with Crippen molar-refractivity contribution in [1.29, 1.82) is 0 Å². The van der Waals surface area contributed by atoms with Gasteiger partial charge in [-0.3, -0.25) is 4.98 Å². The zero-order valence-electron chi connectivity index (χ0n) is 20.6. The molecule has 4 rings (SSSR count). The minimum Gasteiger partial charge on any atom is -0.352 e. The number of para-hydroxylation sites is 1. The van der Waals surface area contributed by atoms with Crippen molar-refractivity contribution in [2.45, 2.75) is 46.2 Å². The Balaban J connectivity index is 1.85. The van der Waals surface area contributed by atoms with E-state index >= 15 is 0 Å². The third-order valence-corrected chi connectivity index (χ3v) is 7.05. The molecule has 3 aromatic rings. The van der Waals surface area contributed by atoms with Gasteiger partial charge in [0.15, 0.2) is 5.11 Å². The van der Waals surface area contributed by atoms with Crippen LogP contribution in [-0.4, -0.2) is 51.6 Å². The van der Waals surface area contributed by atoms with Gasteiger partial charge in [-0.05, 0) is 88.4 Å². The average Bonchev–Trinajstić information content (AvgIpc) is 3.27. The zero-order chi connectivity index (χ0) is 23.7. The van der Waals surface area contributed by atoms with E-state index in [1.54, 1.807) is 0 Å². The molecule has 6 heteroatoms. The van der Waals surface area contributed by atoms with E-state index in [0.29, 0.717) is 0 Å². The number of hydrogen-bond acceptors (Lipinski definition) is 3. The van der Waals surface area contributed by atoms with Crippen molar-refractivity contribution in [3.05, 3.63) is 82.4 Å². The number of benzene rings is 1. The topological polar surface area (TPSA) is 36.3 Å². The number of thiocarbonyl (C=S) groups is 1. The number of hydrogen-bond donors (Lipinski definition) is 1. The van der Waals surface area contributed by atoms with E-state index in [4.69, 9.17) is 17.2 Å². The van der Waals surface area contributed by atoms with E-state index in [2.05, 4.69) is 97.9 Å². The molecule has 174 valence electrons. The van der Waals surface area contributed by atoms with Crippen molar-refractivity contribution in [1.82, 2.24) is 24.7 Å². The Morgan fingerprint density at radius 1 is 1.09 bits per heavy atom. The molecule has 2 atom stereocenters. The first kappa shape index (κ1) is 23.5. The Hall–Kier alpha value is -2.70. The van der Waals surface area contributed by atoms with Gasteiger partial charge in [-0.2, -0.15) is 0 Å². The lowest BCUT2D eigenvalue weighted by molar-refractivity contribution is 0.277. The minimum atomic E-state index is 0.0114. The van der Waals surface area contributed by atoms with Crippen molar-refractivity contribution >= 4 is 17.3 Å². The highest BCUT2D eigenvalue weighted by Gasteiger charge is 2.41. The molecule has 0 aliphatic carbocycles. The summed E-state index contributed by atoms with van der Waals surface area (Å²) in [7, 11) is 4.21. The zero-order valence-corrected chi connectivity index (χ0v) is 21.4. The summed E-state index contributed by atoms with van der Waals surface area (Å²) >= 11 is 5.85. The molecule has 1 N–H and O–H groups in total. The molecule has 0 amide bonds. The maximum absolute atomic E-state index is 5.85. The number of aromatic nitrogens is 2. The van der Waals surface area contributed by atoms with Crippen molar-refractivity contribution in [2.75, 3.05) is 27.2 Å². The van der Waals surface area contributed by atoms with Crippen molar-refractivity contribution < 1.29 is 0 Å². The van der Waals surface area contributed by atoms with Crippen LogP contribution in [0.1, 0.15) is 52.8 Å². The van der Waals surface area contributed by atoms with Crippen LogP contribution < -0.4 is 5.32 Å². The molecular weight excluding hydrogens is 426 g/mol. The predicted molar refractivity (Wildman–Crippen MR) is 140 cm³/mol. The quantitative estimate of drug-likeness (QED) is 0.507. The fourth-order valence-electron chi connectivity index (χ4n) is 5.05. The molecule has 1 aromatic carbocycles. The lowest BCUT2D eigenvalue weighted by Crippen LogP contribution is -2.35. The summed E-state index contributed by atoms with van der Waals surface area (Å²) in [5.41, 5.74) is 8.82. The molecule has 0 unspecified atom stereocenters. The van der Waals surface area contributed by atoms with Crippen LogP contribution in [0.5, 0.6) is 0 Å². The van der Waals surface area contributed by atoms with E-state index in [-0.39, 0.29) is 12.1 Å². The molecule has 2 aromatic heterocycles. The second kappa shape index (κ2) is 9.65. The molecule has 0 radical (unpaired) electrons. The molecule has 1 aliphatic rings. The van der Waals surface area contributed by atoms with E-state index in [1.165, 1.54) is 33.8 Å². The first-order chi connectivity index (χ1) is 15.8. The molecule has 5 nitrogen and oxygen atoms in total. The first-order valence-electron chi connectivity index (χ1n) is 11.7. The Morgan fingerprint density at radius 3 is 2.55 bits per heavy atom. The van der Waals surface area contributed by atoms with Crippen LogP contribution in [-0.2, 0) is 6.42 Å². The number of nitrogens with zero attached hydrogens (tertiary/aromatic N) is 4. The van der Waals surface area contributed by atoms with Crippen LogP contribution in [0.25, 0.3) is 5.69 Å². The summed E-state index contributed by atoms with van der Waals surface area (Å²) in [4.78, 5) is 9.25. The summed E-state index contributed by atoms with van der Waals surface area (Å²) in [6.45, 7) is 10.7. The highest BCUT2D eigenvalue weighted by atomic mass is 32.1. The Kier molecular flexibility index (Phi) is 6.86. The van der Waals surface area contributed by atoms with E-state index in [1.807, 2.05) is 12.3 Å². The maximum atomic E-state index is 5.85. The molecule has 33 heavy (non-hydrogen) atoms. The van der Waals surface area contributed by atoms with Gasteiger partial charge in [-0.25, -0.2) is 0 Å². The van der Waals surface area contributed by atoms with Gasteiger partial charge in [0, 0.05) is 30.7 Å². The van der Waals surface area contributed by atoms with Crippen molar-refractivity contribution in [3.63, 3.8) is 0 Å². The van der Waals surface area contributed by atoms with Crippen LogP contribution in [0.3, 0.4) is 0 Å². The first-order valence-corrected chi connectivity index (χ1v) is 12.1. The number of rotatable bonds is 7. The average molecular weight is 462 g/mol. The van der Waals surface area contributed by atoms with Crippen LogP contribution in [0, 0.1) is 20.8 Å². The molecule has 1 fully saturated rings. The summed E-state index contributed by atoms with van der Waals surface area (Å²) in [6, 6.07) is 15.2. The SMILES string of the molecule is CCc1cccc(C)c1-n1c(C)cc([C@H]2[C@H](c3ccccn3)NC(=S)N2CCN(C)C)c1C. The highest BCUT2D eigenvalue weighted by Crippen LogP contribution is 2.41. The standard InChI is InChI=1S/C27H35N5S/c1-7-21-12-10-11-18(2)25(21)32-19(3)17-22(20(32)4)26-24(23-13-8-9-14-28-23)29-27(33)31(26)16-15-30(5)6/h8-14,17,24,26H,7,15-16H2,1-6H3,(H,29,33)/t24-,26-/m0/s1. The van der Waals surface area contributed by atoms with Crippen molar-refractivity contribution in [3.8, 4) is 5.69 Å². The number of nitrogens with one attached hydrogen (secondary N) is 1. The lowest BCUT2D eigenvalue weighted by atomic mass is 9.96. The summed E-state index contributed by atoms with van der Waals surface area (Å²) in [5, 5.41) is 4.39. The van der Waals surface area contributed by atoms with Gasteiger partial charge in [0.1, 0.15) is 0 Å². The van der Waals surface area contributed by atoms with Crippen LogP contribution in [0.15, 0.2) is 48.7 Å². The molecular formula is C27H35N5S. The van der Waals surface area contributed by atoms with E-state index in [0.717, 1.165) is 30.3 Å². The molecule has 0 bridgehead atoms. The van der Waals surface area contributed by atoms with Crippen molar-refractivity contribution in [2.24, 2.45) is 0 Å². The molecule has 1 aliphatic heterocycles. The Morgan fingerprint density at radius 2 is 1.88 bits per heavy atom. The van der Waals surface area contributed by atoms with Gasteiger partial charge in [0.2, 0.25) is 0 Å². The fraction of sp³-hybridized carbons (Fsp3) is 0.407. The molecule has 3 heterocycles. The van der Waals surface area contributed by atoms with E-state index in [9.17, 15) is 0 Å². The molecule has 1 saturated heterocycles. The molecule has 0 saturated carbocycles. The monoisotopic (exact) mass is 461 g/mol. The lowest BCUT2D eigenvalue weighted by Gasteiger charge is -2.29. The maximum Gasteiger partial charge on any atom is 0.170 e. The third kappa shape index (κ3) is 4.42. The Bertz CT molecular complexity index is 1130. The summed E-state index contributed by atoms with van der Waals surface area (Å²) < 4.78 is 2.43. The summed E-state index contributed by atoms with van der Waals surface area (Å²) in [5.74, 6) is 0. The van der Waals surface area contributed by atoms with Gasteiger partial charge >= 0.3 is 0 Å². The minimum absolute atomic E-state index is 0.0114. The number of pyridine rings is 1. The second-order valence-electron chi connectivity index (χ2n) is 9.22. The van der Waals surface area contributed by atoms with Gasteiger partial charge in [-0.1, -0.05) is 31.2 Å². The largest absolute Gasteiger partial charge is 0.352 e. The van der Waals surface area contributed by atoms with Gasteiger partial charge in [0.25, 0.3) is 0 Å². The summed E-state index contributed by atoms with van der Waals surface area (Å²) in [6.07, 6.45) is 2.87. The van der Waals surface area contributed by atoms with E-state index < -0.39 is 0 Å². The number of likely N-dealkylation sites (N-methyl/N-ethyl adjacent to an activating group) is 1. The third-order valence-electron chi connectivity index (χ3n) is 6.70. The van der Waals surface area contributed by atoms with Gasteiger partial charge in [-0.15, -0.1) is 0 Å². The number of aryl methyl sites for hydroxylation is 3. The highest BCUT2D eigenvalue weighted by molar-refractivity contribution is 7.80. The van der Waals surface area contributed by atoms with Gasteiger partial charge in [0.05, 0.1) is 23.5 Å². The Labute approximate surface area is 203 Å². The van der Waals surface area contributed by atoms with Crippen LogP contribution in [0.4, 0.5) is 0 Å². The predicted octanol–water partition coefficient (Wildman–Crippen LogP) is 4.89. The molecule has 0 spiro atoms. The van der Waals surface area contributed by atoms with Crippen LogP contribution >= 0.6 is 12.2 Å². The van der Waals surface area contributed by atoms with Crippen LogP contribution in [0.2, 0.25) is 0 Å². The smallest absolute Gasteiger partial charge is 0.170 e. The fourth-order valence-corrected chi connectivity index (χ4v) is 5.38. The normalized spacial score (nSPS) is 18.3. The second-order valence-corrected chi connectivity index (χ2v) is 9.61.